The Kier molecular flexibility index (Phi) is 7.86. The monoisotopic (exact) mass is 332 g/mol. The molecule has 0 saturated heterocycles. The standard InChI is InChI=1S/C15H22Cl2N2O2/c1-3-4-5-6-7-21-10(2)15(20)19-14-12(16)8-11(18)9-13(14)17/h8-10H,3-7,18H2,1-2H3,(H,19,20). The first kappa shape index (κ1) is 18.1. The number of carbonyl (C=O) groups excluding carboxylic acids is 1. The van der Waals surface area contributed by atoms with Crippen molar-refractivity contribution in [1.82, 2.24) is 0 Å². The molecule has 0 aromatic heterocycles. The Morgan fingerprint density at radius 3 is 2.48 bits per heavy atom. The lowest BCUT2D eigenvalue weighted by Crippen LogP contribution is -2.28. The number of benzene rings is 1. The Balaban J connectivity index is 2.49. The number of hydrogen-bond acceptors (Lipinski definition) is 3. The number of rotatable bonds is 8. The van der Waals surface area contributed by atoms with E-state index in [4.69, 9.17) is 33.7 Å². The molecule has 4 nitrogen and oxygen atoms in total. The predicted molar refractivity (Wildman–Crippen MR) is 89.1 cm³/mol. The summed E-state index contributed by atoms with van der Waals surface area (Å²) in [4.78, 5) is 12.0. The number of carbonyl (C=O) groups is 1. The maximum atomic E-state index is 12.0. The minimum atomic E-state index is -0.559. The van der Waals surface area contributed by atoms with Crippen molar-refractivity contribution in [2.45, 2.75) is 45.6 Å². The molecule has 0 fully saturated rings. The molecule has 118 valence electrons. The van der Waals surface area contributed by atoms with Gasteiger partial charge in [-0.05, 0) is 25.5 Å². The van der Waals surface area contributed by atoms with E-state index in [-0.39, 0.29) is 5.91 Å². The number of nitrogens with two attached hydrogens (primary N) is 1. The molecule has 21 heavy (non-hydrogen) atoms. The summed E-state index contributed by atoms with van der Waals surface area (Å²) in [5.41, 5.74) is 6.43. The minimum absolute atomic E-state index is 0.279. The molecule has 0 aliphatic heterocycles. The topological polar surface area (TPSA) is 64.3 Å². The van der Waals surface area contributed by atoms with Crippen LogP contribution in [0.2, 0.25) is 10.0 Å². The number of nitrogens with one attached hydrogen (secondary N) is 1. The molecule has 1 aromatic rings. The Hall–Kier alpha value is -0.970. The lowest BCUT2D eigenvalue weighted by molar-refractivity contribution is -0.126. The molecule has 0 aliphatic carbocycles. The largest absolute Gasteiger partial charge is 0.399 e. The highest BCUT2D eigenvalue weighted by Crippen LogP contribution is 2.32. The van der Waals surface area contributed by atoms with Gasteiger partial charge in [0, 0.05) is 12.3 Å². The van der Waals surface area contributed by atoms with Gasteiger partial charge in [0.05, 0.1) is 15.7 Å². The van der Waals surface area contributed by atoms with Gasteiger partial charge in [-0.3, -0.25) is 4.79 Å². The van der Waals surface area contributed by atoms with Crippen molar-refractivity contribution in [3.05, 3.63) is 22.2 Å². The van der Waals surface area contributed by atoms with Gasteiger partial charge in [-0.15, -0.1) is 0 Å². The fraction of sp³-hybridized carbons (Fsp3) is 0.533. The molecule has 0 saturated carbocycles. The van der Waals surface area contributed by atoms with Crippen molar-refractivity contribution in [2.75, 3.05) is 17.7 Å². The molecule has 3 N–H and O–H groups in total. The van der Waals surface area contributed by atoms with Crippen molar-refractivity contribution >= 4 is 40.5 Å². The van der Waals surface area contributed by atoms with Crippen LogP contribution in [0, 0.1) is 0 Å². The van der Waals surface area contributed by atoms with Gasteiger partial charge in [0.25, 0.3) is 5.91 Å². The molecule has 1 unspecified atom stereocenters. The minimum Gasteiger partial charge on any atom is -0.399 e. The number of unbranched alkanes of at least 4 members (excludes halogenated alkanes) is 3. The average Bonchev–Trinajstić information content (AvgIpc) is 2.42. The fourth-order valence-electron chi connectivity index (χ4n) is 1.80. The average molecular weight is 333 g/mol. The van der Waals surface area contributed by atoms with Gasteiger partial charge >= 0.3 is 0 Å². The normalized spacial score (nSPS) is 12.2. The fourth-order valence-corrected chi connectivity index (χ4v) is 2.40. The van der Waals surface area contributed by atoms with Crippen LogP contribution >= 0.6 is 23.2 Å². The second-order valence-electron chi connectivity index (χ2n) is 4.92. The Morgan fingerprint density at radius 2 is 1.90 bits per heavy atom. The number of halogens is 2. The molecule has 1 atom stereocenters. The van der Waals surface area contributed by atoms with Crippen LogP contribution in [-0.2, 0) is 9.53 Å². The van der Waals surface area contributed by atoms with Gasteiger partial charge in [0.1, 0.15) is 6.10 Å². The Labute approximate surface area is 135 Å². The zero-order chi connectivity index (χ0) is 15.8. The van der Waals surface area contributed by atoms with Crippen molar-refractivity contribution in [1.29, 1.82) is 0 Å². The van der Waals surface area contributed by atoms with Crippen LogP contribution in [0.1, 0.15) is 39.5 Å². The van der Waals surface area contributed by atoms with E-state index in [9.17, 15) is 4.79 Å². The lowest BCUT2D eigenvalue weighted by atomic mass is 10.2. The summed E-state index contributed by atoms with van der Waals surface area (Å²) in [5, 5.41) is 3.29. The summed E-state index contributed by atoms with van der Waals surface area (Å²) in [6.07, 6.45) is 3.86. The van der Waals surface area contributed by atoms with Crippen LogP contribution in [0.25, 0.3) is 0 Å². The molecule has 1 amide bonds. The molecule has 1 rings (SSSR count). The number of ether oxygens (including phenoxy) is 1. The molecular weight excluding hydrogens is 311 g/mol. The highest BCUT2D eigenvalue weighted by atomic mass is 35.5. The highest BCUT2D eigenvalue weighted by Gasteiger charge is 2.17. The summed E-state index contributed by atoms with van der Waals surface area (Å²) in [6, 6.07) is 3.08. The molecule has 6 heteroatoms. The van der Waals surface area contributed by atoms with Crippen LogP contribution in [-0.4, -0.2) is 18.6 Å². The third kappa shape index (κ3) is 6.12. The van der Waals surface area contributed by atoms with E-state index >= 15 is 0 Å². The lowest BCUT2D eigenvalue weighted by Gasteiger charge is -2.15. The van der Waals surface area contributed by atoms with Gasteiger partial charge in [0.2, 0.25) is 0 Å². The number of anilines is 2. The third-order valence-electron chi connectivity index (χ3n) is 3.05. The first-order valence-corrected chi connectivity index (χ1v) is 7.88. The maximum absolute atomic E-state index is 12.0. The van der Waals surface area contributed by atoms with E-state index in [0.29, 0.717) is 28.0 Å². The second kappa shape index (κ2) is 9.13. The zero-order valence-electron chi connectivity index (χ0n) is 12.4. The van der Waals surface area contributed by atoms with E-state index in [1.54, 1.807) is 19.1 Å². The van der Waals surface area contributed by atoms with Gasteiger partial charge < -0.3 is 15.8 Å². The SMILES string of the molecule is CCCCCCOC(C)C(=O)Nc1c(Cl)cc(N)cc1Cl. The van der Waals surface area contributed by atoms with E-state index in [0.717, 1.165) is 12.8 Å². The summed E-state index contributed by atoms with van der Waals surface area (Å²) in [5.74, 6) is -0.279. The Morgan fingerprint density at radius 1 is 1.29 bits per heavy atom. The van der Waals surface area contributed by atoms with Crippen LogP contribution < -0.4 is 11.1 Å². The molecule has 0 spiro atoms. The number of nitrogen functional groups attached to an aromatic ring is 1. The van der Waals surface area contributed by atoms with Gasteiger partial charge in [0.15, 0.2) is 0 Å². The predicted octanol–water partition coefficient (Wildman–Crippen LogP) is 4.50. The van der Waals surface area contributed by atoms with E-state index in [1.165, 1.54) is 12.8 Å². The first-order valence-electron chi connectivity index (χ1n) is 7.12. The smallest absolute Gasteiger partial charge is 0.253 e. The van der Waals surface area contributed by atoms with E-state index < -0.39 is 6.10 Å². The molecule has 1 aromatic carbocycles. The molecule has 0 heterocycles. The summed E-state index contributed by atoms with van der Waals surface area (Å²) < 4.78 is 5.50. The van der Waals surface area contributed by atoms with Crippen LogP contribution in [0.15, 0.2) is 12.1 Å². The quantitative estimate of drug-likeness (QED) is 0.544. The first-order chi connectivity index (χ1) is 9.95. The van der Waals surface area contributed by atoms with Crippen molar-refractivity contribution in [3.8, 4) is 0 Å². The van der Waals surface area contributed by atoms with Crippen LogP contribution in [0.4, 0.5) is 11.4 Å². The number of hydrogen-bond donors (Lipinski definition) is 2. The van der Waals surface area contributed by atoms with Crippen molar-refractivity contribution in [3.63, 3.8) is 0 Å². The van der Waals surface area contributed by atoms with Gasteiger partial charge in [-0.1, -0.05) is 49.4 Å². The number of amides is 1. The van der Waals surface area contributed by atoms with Gasteiger partial charge in [-0.25, -0.2) is 0 Å². The molecule has 0 aliphatic rings. The second-order valence-corrected chi connectivity index (χ2v) is 5.74. The third-order valence-corrected chi connectivity index (χ3v) is 3.64. The maximum Gasteiger partial charge on any atom is 0.253 e. The van der Waals surface area contributed by atoms with E-state index in [2.05, 4.69) is 12.2 Å². The van der Waals surface area contributed by atoms with E-state index in [1.807, 2.05) is 0 Å². The van der Waals surface area contributed by atoms with Crippen molar-refractivity contribution in [2.24, 2.45) is 0 Å². The van der Waals surface area contributed by atoms with Crippen LogP contribution in [0.5, 0.6) is 0 Å². The summed E-state index contributed by atoms with van der Waals surface area (Å²) in [6.45, 7) is 4.42. The molecular formula is C15H22Cl2N2O2. The van der Waals surface area contributed by atoms with Crippen molar-refractivity contribution < 1.29 is 9.53 Å². The zero-order valence-corrected chi connectivity index (χ0v) is 13.9. The summed E-state index contributed by atoms with van der Waals surface area (Å²) >= 11 is 12.1. The highest BCUT2D eigenvalue weighted by molar-refractivity contribution is 6.40. The Bertz CT molecular complexity index is 458. The molecule has 0 radical (unpaired) electrons. The summed E-state index contributed by atoms with van der Waals surface area (Å²) in [7, 11) is 0. The molecule has 0 bridgehead atoms. The van der Waals surface area contributed by atoms with Crippen LogP contribution in [0.3, 0.4) is 0 Å². The van der Waals surface area contributed by atoms with Gasteiger partial charge in [-0.2, -0.15) is 0 Å².